The van der Waals surface area contributed by atoms with Gasteiger partial charge in [-0.15, -0.1) is 0 Å². The van der Waals surface area contributed by atoms with Crippen molar-refractivity contribution >= 4 is 71.7 Å². The summed E-state index contributed by atoms with van der Waals surface area (Å²) in [7, 11) is 0. The van der Waals surface area contributed by atoms with Crippen LogP contribution in [0.4, 0.5) is 17.1 Å². The van der Waals surface area contributed by atoms with Gasteiger partial charge in [-0.2, -0.15) is 0 Å². The summed E-state index contributed by atoms with van der Waals surface area (Å²) in [4.78, 5) is 2.34. The van der Waals surface area contributed by atoms with Crippen molar-refractivity contribution < 1.29 is 8.83 Å². The highest BCUT2D eigenvalue weighted by atomic mass is 16.3. The molecule has 0 aliphatic carbocycles. The second kappa shape index (κ2) is 14.3. The molecule has 3 heteroatoms. The molecule has 0 fully saturated rings. The van der Waals surface area contributed by atoms with Crippen molar-refractivity contribution in [2.45, 2.75) is 0 Å². The highest BCUT2D eigenvalue weighted by Crippen LogP contribution is 2.42. The molecule has 12 aromatic rings. The Morgan fingerprint density at radius 1 is 0.279 bits per heavy atom. The third kappa shape index (κ3) is 5.98. The Bertz CT molecular complexity index is 3570. The molecule has 0 aliphatic rings. The van der Waals surface area contributed by atoms with Crippen LogP contribution >= 0.6 is 0 Å². The summed E-state index contributed by atoms with van der Waals surface area (Å²) in [5.41, 5.74) is 16.0. The average molecular weight is 780 g/mol. The third-order valence-corrected chi connectivity index (χ3v) is 12.1. The minimum Gasteiger partial charge on any atom is -0.456 e. The number of fused-ring (bicyclic) bond motifs is 7. The van der Waals surface area contributed by atoms with Gasteiger partial charge in [0.1, 0.15) is 22.3 Å². The Morgan fingerprint density at radius 2 is 0.787 bits per heavy atom. The van der Waals surface area contributed by atoms with Crippen LogP contribution in [0.2, 0.25) is 0 Å². The Kier molecular flexibility index (Phi) is 8.17. The van der Waals surface area contributed by atoms with Crippen molar-refractivity contribution in [2.75, 3.05) is 4.90 Å². The molecule has 0 bridgehead atoms. The molecule has 0 atom stereocenters. The van der Waals surface area contributed by atoms with E-state index < -0.39 is 0 Å². The average Bonchev–Trinajstić information content (AvgIpc) is 3.91. The van der Waals surface area contributed by atoms with Gasteiger partial charge in [-0.3, -0.25) is 0 Å². The molecular weight excluding hydrogens is 743 g/mol. The van der Waals surface area contributed by atoms with Gasteiger partial charge < -0.3 is 13.7 Å². The zero-order valence-corrected chi connectivity index (χ0v) is 33.1. The van der Waals surface area contributed by atoms with E-state index >= 15 is 0 Å². The van der Waals surface area contributed by atoms with Crippen LogP contribution in [0.5, 0.6) is 0 Å². The van der Waals surface area contributed by atoms with E-state index in [0.29, 0.717) is 0 Å². The van der Waals surface area contributed by atoms with E-state index in [-0.39, 0.29) is 0 Å². The van der Waals surface area contributed by atoms with E-state index in [1.54, 1.807) is 0 Å². The van der Waals surface area contributed by atoms with Crippen LogP contribution in [0.1, 0.15) is 0 Å². The smallest absolute Gasteiger partial charge is 0.143 e. The number of rotatable bonds is 7. The van der Waals surface area contributed by atoms with Crippen molar-refractivity contribution in [1.82, 2.24) is 0 Å². The molecule has 2 aromatic heterocycles. The maximum atomic E-state index is 6.44. The van der Waals surface area contributed by atoms with Crippen molar-refractivity contribution in [1.29, 1.82) is 0 Å². The Labute approximate surface area is 353 Å². The lowest BCUT2D eigenvalue weighted by Crippen LogP contribution is -2.10. The first-order chi connectivity index (χ1) is 30.2. The summed E-state index contributed by atoms with van der Waals surface area (Å²) in [5.74, 6) is 0. The van der Waals surface area contributed by atoms with Crippen LogP contribution in [0.25, 0.3) is 99.2 Å². The van der Waals surface area contributed by atoms with Gasteiger partial charge in [-0.1, -0.05) is 170 Å². The summed E-state index contributed by atoms with van der Waals surface area (Å²) in [5, 5.41) is 7.01. The van der Waals surface area contributed by atoms with Crippen molar-refractivity contribution in [3.05, 3.63) is 224 Å². The maximum Gasteiger partial charge on any atom is 0.143 e. The van der Waals surface area contributed by atoms with Gasteiger partial charge in [0.2, 0.25) is 0 Å². The van der Waals surface area contributed by atoms with Crippen LogP contribution < -0.4 is 4.90 Å². The summed E-state index contributed by atoms with van der Waals surface area (Å²) in [6, 6.07) is 79.9. The standard InChI is InChI=1S/C58H37NO2/c1-2-15-47-40(11-1)12-8-18-48(47)41-27-25-38(26-28-41)39-29-33-44(34-30-39)59(45-35-31-42(32-36-45)50-20-9-21-52-51-16-3-5-22-54(51)61-58(50)52)46-14-7-13-43(37-46)49-19-10-24-56-57(49)53-17-4-6-23-55(53)60-56/h1-37H. The fourth-order valence-electron chi connectivity index (χ4n) is 9.16. The topological polar surface area (TPSA) is 29.5 Å². The van der Waals surface area contributed by atoms with Crippen LogP contribution in [0, 0.1) is 0 Å². The molecule has 0 amide bonds. The molecule has 61 heavy (non-hydrogen) atoms. The van der Waals surface area contributed by atoms with Crippen LogP contribution in [0.3, 0.4) is 0 Å². The molecule has 12 rings (SSSR count). The fourth-order valence-corrected chi connectivity index (χ4v) is 9.16. The van der Waals surface area contributed by atoms with Crippen molar-refractivity contribution in [3.63, 3.8) is 0 Å². The van der Waals surface area contributed by atoms with Gasteiger partial charge in [0.15, 0.2) is 0 Å². The molecule has 0 unspecified atom stereocenters. The molecule has 286 valence electrons. The first-order valence-electron chi connectivity index (χ1n) is 20.7. The van der Waals surface area contributed by atoms with E-state index in [1.165, 1.54) is 27.5 Å². The Hall–Kier alpha value is -8.14. The number of nitrogens with zero attached hydrogens (tertiary/aromatic N) is 1. The van der Waals surface area contributed by atoms with Crippen LogP contribution in [0.15, 0.2) is 233 Å². The normalized spacial score (nSPS) is 11.6. The molecule has 3 nitrogen and oxygen atoms in total. The highest BCUT2D eigenvalue weighted by Gasteiger charge is 2.18. The summed E-state index contributed by atoms with van der Waals surface area (Å²) < 4.78 is 12.7. The van der Waals surface area contributed by atoms with E-state index in [1.807, 2.05) is 24.3 Å². The molecule has 0 spiro atoms. The minimum atomic E-state index is 0.886. The number of hydrogen-bond acceptors (Lipinski definition) is 3. The predicted molar refractivity (Wildman–Crippen MR) is 255 cm³/mol. The number of para-hydroxylation sites is 3. The lowest BCUT2D eigenvalue weighted by atomic mass is 9.96. The number of benzene rings is 10. The van der Waals surface area contributed by atoms with Gasteiger partial charge in [0.25, 0.3) is 0 Å². The van der Waals surface area contributed by atoms with Crippen LogP contribution in [-0.2, 0) is 0 Å². The number of anilines is 3. The number of hydrogen-bond donors (Lipinski definition) is 0. The van der Waals surface area contributed by atoms with Gasteiger partial charge in [0.05, 0.1) is 0 Å². The quantitative estimate of drug-likeness (QED) is 0.161. The molecular formula is C58H37NO2. The first-order valence-corrected chi connectivity index (χ1v) is 20.7. The zero-order valence-electron chi connectivity index (χ0n) is 33.1. The van der Waals surface area contributed by atoms with E-state index in [0.717, 1.165) is 88.8 Å². The molecule has 10 aromatic carbocycles. The van der Waals surface area contributed by atoms with E-state index in [9.17, 15) is 0 Å². The highest BCUT2D eigenvalue weighted by molar-refractivity contribution is 6.13. The number of furan rings is 2. The zero-order chi connectivity index (χ0) is 40.3. The molecule has 0 saturated carbocycles. The molecule has 2 heterocycles. The second-order valence-corrected chi connectivity index (χ2v) is 15.6. The predicted octanol–water partition coefficient (Wildman–Crippen LogP) is 16.8. The van der Waals surface area contributed by atoms with E-state index in [4.69, 9.17) is 8.83 Å². The molecule has 0 aliphatic heterocycles. The minimum absolute atomic E-state index is 0.886. The van der Waals surface area contributed by atoms with Gasteiger partial charge in [0, 0.05) is 44.2 Å². The largest absolute Gasteiger partial charge is 0.456 e. The monoisotopic (exact) mass is 779 g/mol. The SMILES string of the molecule is c1cc(-c2cccc3oc4ccccc4c23)cc(N(c2ccc(-c3ccc(-c4cccc5ccccc45)cc3)cc2)c2ccc(-c3cccc4c3oc3ccccc34)cc2)c1. The lowest BCUT2D eigenvalue weighted by molar-refractivity contribution is 0.669. The van der Waals surface area contributed by atoms with Crippen molar-refractivity contribution in [2.24, 2.45) is 0 Å². The van der Waals surface area contributed by atoms with E-state index in [2.05, 4.69) is 205 Å². The lowest BCUT2D eigenvalue weighted by Gasteiger charge is -2.26. The first kappa shape index (κ1) is 34.9. The van der Waals surface area contributed by atoms with Gasteiger partial charge >= 0.3 is 0 Å². The molecule has 0 radical (unpaired) electrons. The van der Waals surface area contributed by atoms with Gasteiger partial charge in [-0.25, -0.2) is 0 Å². The third-order valence-electron chi connectivity index (χ3n) is 12.1. The van der Waals surface area contributed by atoms with Gasteiger partial charge in [-0.05, 0) is 104 Å². The maximum absolute atomic E-state index is 6.44. The summed E-state index contributed by atoms with van der Waals surface area (Å²) in [6.07, 6.45) is 0. The Balaban J connectivity index is 0.943. The summed E-state index contributed by atoms with van der Waals surface area (Å²) >= 11 is 0. The molecule has 0 saturated heterocycles. The molecule has 0 N–H and O–H groups in total. The Morgan fingerprint density at radius 3 is 1.57 bits per heavy atom. The second-order valence-electron chi connectivity index (χ2n) is 15.6. The fraction of sp³-hybridized carbons (Fsp3) is 0. The summed E-state index contributed by atoms with van der Waals surface area (Å²) in [6.45, 7) is 0. The van der Waals surface area contributed by atoms with Crippen LogP contribution in [-0.4, -0.2) is 0 Å². The van der Waals surface area contributed by atoms with Crippen molar-refractivity contribution in [3.8, 4) is 44.5 Å².